The van der Waals surface area contributed by atoms with Crippen LogP contribution in [0.1, 0.15) is 25.0 Å². The number of hydrogen-bond donors (Lipinski definition) is 0. The highest BCUT2D eigenvalue weighted by Crippen LogP contribution is 2.52. The normalized spacial score (nSPS) is 13.3. The van der Waals surface area contributed by atoms with Crippen molar-refractivity contribution in [3.8, 4) is 44.5 Å². The summed E-state index contributed by atoms with van der Waals surface area (Å²) in [5.74, 6) is 0. The molecule has 1 aliphatic carbocycles. The molecule has 212 valence electrons. The number of rotatable bonds is 3. The van der Waals surface area contributed by atoms with Gasteiger partial charge in [-0.15, -0.1) is 0 Å². The van der Waals surface area contributed by atoms with Gasteiger partial charge in [-0.2, -0.15) is 0 Å². The van der Waals surface area contributed by atoms with Crippen LogP contribution in [0.3, 0.4) is 0 Å². The summed E-state index contributed by atoms with van der Waals surface area (Å²) in [5, 5.41) is 7.68. The zero-order chi connectivity index (χ0) is 30.1. The molecule has 0 radical (unpaired) electrons. The Morgan fingerprint density at radius 2 is 0.800 bits per heavy atom. The highest BCUT2D eigenvalue weighted by molar-refractivity contribution is 6.23. The zero-order valence-corrected chi connectivity index (χ0v) is 25.5. The maximum Gasteiger partial charge on any atom is 0.0165 e. The highest BCUT2D eigenvalue weighted by Gasteiger charge is 2.37. The van der Waals surface area contributed by atoms with Crippen molar-refractivity contribution in [2.24, 2.45) is 0 Å². The molecular weight excluding hydrogens is 540 g/mol. The molecule has 0 heteroatoms. The molecule has 0 N–H and O–H groups in total. The van der Waals surface area contributed by atoms with E-state index in [1.807, 2.05) is 0 Å². The topological polar surface area (TPSA) is 0 Å². The summed E-state index contributed by atoms with van der Waals surface area (Å²) in [6, 6.07) is 58.3. The Labute approximate surface area is 264 Å². The van der Waals surface area contributed by atoms with Crippen molar-refractivity contribution in [2.75, 3.05) is 0 Å². The molecule has 0 heterocycles. The second kappa shape index (κ2) is 9.78. The molecule has 0 aliphatic heterocycles. The number of fused-ring (bicyclic) bond motifs is 6. The summed E-state index contributed by atoms with van der Waals surface area (Å²) < 4.78 is 0. The van der Waals surface area contributed by atoms with Crippen LogP contribution in [-0.4, -0.2) is 0 Å². The van der Waals surface area contributed by atoms with Crippen molar-refractivity contribution in [3.63, 3.8) is 0 Å². The molecule has 0 amide bonds. The largest absolute Gasteiger partial charge is 0.0619 e. The Morgan fingerprint density at radius 1 is 0.333 bits per heavy atom. The van der Waals surface area contributed by atoms with Gasteiger partial charge in [-0.05, 0) is 88.0 Å². The predicted octanol–water partition coefficient (Wildman–Crippen LogP) is 12.5. The lowest BCUT2D eigenvalue weighted by Gasteiger charge is -2.24. The molecule has 8 aromatic carbocycles. The number of benzene rings is 8. The predicted molar refractivity (Wildman–Crippen MR) is 193 cm³/mol. The summed E-state index contributed by atoms with van der Waals surface area (Å²) in [6.45, 7) is 4.73. The maximum absolute atomic E-state index is 2.37. The van der Waals surface area contributed by atoms with Crippen molar-refractivity contribution in [3.05, 3.63) is 169 Å². The molecule has 0 saturated heterocycles. The van der Waals surface area contributed by atoms with Crippen LogP contribution in [0, 0.1) is 0 Å². The number of hydrogen-bond acceptors (Lipinski definition) is 0. The molecule has 0 spiro atoms. The van der Waals surface area contributed by atoms with Crippen LogP contribution in [0.2, 0.25) is 0 Å². The van der Waals surface area contributed by atoms with Crippen LogP contribution in [0.5, 0.6) is 0 Å². The third-order valence-electron chi connectivity index (χ3n) is 10.1. The smallest absolute Gasteiger partial charge is 0.0165 e. The van der Waals surface area contributed by atoms with Gasteiger partial charge in [0.05, 0.1) is 0 Å². The molecule has 1 aliphatic rings. The van der Waals surface area contributed by atoms with Gasteiger partial charge in [0.1, 0.15) is 0 Å². The molecule has 9 rings (SSSR count). The van der Waals surface area contributed by atoms with Crippen LogP contribution in [-0.2, 0) is 5.41 Å². The van der Waals surface area contributed by atoms with Crippen molar-refractivity contribution < 1.29 is 0 Å². The van der Waals surface area contributed by atoms with E-state index in [-0.39, 0.29) is 5.41 Å². The SMILES string of the molecule is CC1(C)c2ccccc2-c2cccc(-c3ccc(-c4c5ccccc5c(-c5cccc6ccccc56)c5ccccc45)cc3)c21. The summed E-state index contributed by atoms with van der Waals surface area (Å²) in [5.41, 5.74) is 13.2. The second-order valence-electron chi connectivity index (χ2n) is 12.8. The third-order valence-corrected chi connectivity index (χ3v) is 10.1. The lowest BCUT2D eigenvalue weighted by Crippen LogP contribution is -2.16. The first kappa shape index (κ1) is 26.0. The van der Waals surface area contributed by atoms with Gasteiger partial charge in [-0.1, -0.05) is 172 Å². The van der Waals surface area contributed by atoms with Gasteiger partial charge < -0.3 is 0 Å². The Morgan fingerprint density at radius 3 is 1.51 bits per heavy atom. The van der Waals surface area contributed by atoms with Gasteiger partial charge >= 0.3 is 0 Å². The Balaban J connectivity index is 1.25. The van der Waals surface area contributed by atoms with E-state index in [1.165, 1.54) is 88.0 Å². The molecule has 0 fully saturated rings. The van der Waals surface area contributed by atoms with Gasteiger partial charge in [-0.25, -0.2) is 0 Å². The van der Waals surface area contributed by atoms with E-state index in [0.29, 0.717) is 0 Å². The average Bonchev–Trinajstić information content (AvgIpc) is 3.33. The Hall–Kier alpha value is -5.46. The first-order valence-corrected chi connectivity index (χ1v) is 15.9. The van der Waals surface area contributed by atoms with Crippen molar-refractivity contribution in [2.45, 2.75) is 19.3 Å². The van der Waals surface area contributed by atoms with Gasteiger partial charge in [0.2, 0.25) is 0 Å². The van der Waals surface area contributed by atoms with E-state index in [9.17, 15) is 0 Å². The van der Waals surface area contributed by atoms with Crippen molar-refractivity contribution in [1.29, 1.82) is 0 Å². The van der Waals surface area contributed by atoms with Crippen LogP contribution < -0.4 is 0 Å². The second-order valence-corrected chi connectivity index (χ2v) is 12.8. The van der Waals surface area contributed by atoms with Crippen LogP contribution in [0.4, 0.5) is 0 Å². The van der Waals surface area contributed by atoms with E-state index >= 15 is 0 Å². The zero-order valence-electron chi connectivity index (χ0n) is 25.5. The van der Waals surface area contributed by atoms with Gasteiger partial charge in [0, 0.05) is 5.41 Å². The standard InChI is InChI=1S/C45H32/c1-45(2)41-24-10-9-16-34(41)40-23-12-21-33(44(40)45)30-25-27-31(28-26-30)42-36-17-5-7-19-38(36)43(39-20-8-6-18-37(39)42)35-22-11-14-29-13-3-4-15-32(29)35/h3-28H,1-2H3. The molecule has 8 aromatic rings. The van der Waals surface area contributed by atoms with E-state index < -0.39 is 0 Å². The minimum atomic E-state index is -0.0506. The summed E-state index contributed by atoms with van der Waals surface area (Å²) in [7, 11) is 0. The molecule has 0 bridgehead atoms. The third kappa shape index (κ3) is 3.79. The summed E-state index contributed by atoms with van der Waals surface area (Å²) in [6.07, 6.45) is 0. The fourth-order valence-electron chi connectivity index (χ4n) is 8.08. The molecule has 0 nitrogen and oxygen atoms in total. The van der Waals surface area contributed by atoms with E-state index in [0.717, 1.165) is 0 Å². The van der Waals surface area contributed by atoms with E-state index in [1.54, 1.807) is 0 Å². The average molecular weight is 573 g/mol. The van der Waals surface area contributed by atoms with E-state index in [4.69, 9.17) is 0 Å². The van der Waals surface area contributed by atoms with Crippen LogP contribution in [0.25, 0.3) is 76.8 Å². The van der Waals surface area contributed by atoms with Gasteiger partial charge in [0.25, 0.3) is 0 Å². The van der Waals surface area contributed by atoms with Gasteiger partial charge in [-0.3, -0.25) is 0 Å². The van der Waals surface area contributed by atoms with Crippen molar-refractivity contribution >= 4 is 32.3 Å². The lowest BCUT2D eigenvalue weighted by molar-refractivity contribution is 0.662. The molecule has 0 saturated carbocycles. The minimum absolute atomic E-state index is 0.0506. The summed E-state index contributed by atoms with van der Waals surface area (Å²) >= 11 is 0. The lowest BCUT2D eigenvalue weighted by atomic mass is 9.78. The first-order valence-electron chi connectivity index (χ1n) is 15.9. The Kier molecular flexibility index (Phi) is 5.64. The highest BCUT2D eigenvalue weighted by atomic mass is 14.4. The fraction of sp³-hybridized carbons (Fsp3) is 0.0667. The minimum Gasteiger partial charge on any atom is -0.0619 e. The summed E-state index contributed by atoms with van der Waals surface area (Å²) in [4.78, 5) is 0. The quantitative estimate of drug-likeness (QED) is 0.185. The van der Waals surface area contributed by atoms with Crippen LogP contribution in [0.15, 0.2) is 158 Å². The first-order chi connectivity index (χ1) is 22.1. The fourth-order valence-corrected chi connectivity index (χ4v) is 8.08. The van der Waals surface area contributed by atoms with Crippen molar-refractivity contribution in [1.82, 2.24) is 0 Å². The molecule has 0 atom stereocenters. The van der Waals surface area contributed by atoms with E-state index in [2.05, 4.69) is 172 Å². The van der Waals surface area contributed by atoms with Crippen LogP contribution >= 0.6 is 0 Å². The monoisotopic (exact) mass is 572 g/mol. The molecule has 0 aromatic heterocycles. The molecular formula is C45H32. The molecule has 45 heavy (non-hydrogen) atoms. The molecule has 0 unspecified atom stereocenters. The maximum atomic E-state index is 2.37. The van der Waals surface area contributed by atoms with Gasteiger partial charge in [0.15, 0.2) is 0 Å². The Bertz CT molecular complexity index is 2380.